The Morgan fingerprint density at radius 3 is 1.86 bits per heavy atom. The second-order valence-corrected chi connectivity index (χ2v) is 5.42. The minimum Gasteiger partial charge on any atom is -0.388 e. The summed E-state index contributed by atoms with van der Waals surface area (Å²) in [5, 5.41) is 20.2. The zero-order valence-corrected chi connectivity index (χ0v) is 8.50. The van der Waals surface area contributed by atoms with E-state index in [2.05, 4.69) is 6.07 Å². The van der Waals surface area contributed by atoms with E-state index in [9.17, 15) is 10.4 Å². The van der Waals surface area contributed by atoms with Gasteiger partial charge in [-0.1, -0.05) is 6.42 Å². The molecule has 76 valence electrons. The van der Waals surface area contributed by atoms with Crippen LogP contribution in [0.2, 0.25) is 0 Å². The van der Waals surface area contributed by atoms with Crippen LogP contribution in [-0.4, -0.2) is 10.7 Å². The lowest BCUT2D eigenvalue weighted by molar-refractivity contribution is -0.126. The number of hydrogen-bond acceptors (Lipinski definition) is 2. The lowest BCUT2D eigenvalue weighted by Crippen LogP contribution is -2.55. The molecule has 2 nitrogen and oxygen atoms in total. The zero-order valence-electron chi connectivity index (χ0n) is 8.50. The van der Waals surface area contributed by atoms with Crippen LogP contribution < -0.4 is 0 Å². The molecule has 0 aromatic heterocycles. The molecule has 0 bridgehead atoms. The predicted octanol–water partition coefficient (Wildman–Crippen LogP) is 2.23. The maximum atomic E-state index is 10.8. The molecule has 0 aromatic carbocycles. The smallest absolute Gasteiger partial charge is 0.0889 e. The van der Waals surface area contributed by atoms with Gasteiger partial charge in [0.15, 0.2) is 0 Å². The highest BCUT2D eigenvalue weighted by atomic mass is 16.3. The van der Waals surface area contributed by atoms with E-state index in [0.717, 1.165) is 44.9 Å². The van der Waals surface area contributed by atoms with Crippen LogP contribution in [0.5, 0.6) is 0 Å². The lowest BCUT2D eigenvalue weighted by Gasteiger charge is -2.49. The van der Waals surface area contributed by atoms with Gasteiger partial charge in [-0.15, -0.1) is 0 Å². The first-order valence-corrected chi connectivity index (χ1v) is 5.86. The third-order valence-corrected chi connectivity index (χ3v) is 4.59. The van der Waals surface area contributed by atoms with Crippen molar-refractivity contribution in [3.05, 3.63) is 0 Å². The highest BCUT2D eigenvalue weighted by molar-refractivity contribution is 5.23. The molecule has 3 fully saturated rings. The molecule has 0 saturated heterocycles. The molecule has 3 saturated carbocycles. The highest BCUT2D eigenvalue weighted by Crippen LogP contribution is 2.64. The van der Waals surface area contributed by atoms with Gasteiger partial charge < -0.3 is 5.11 Å². The Hall–Kier alpha value is -0.550. The predicted molar refractivity (Wildman–Crippen MR) is 52.3 cm³/mol. The summed E-state index contributed by atoms with van der Waals surface area (Å²) in [5.41, 5.74) is -0.949. The molecule has 3 rings (SSSR count). The van der Waals surface area contributed by atoms with Gasteiger partial charge in [-0.2, -0.15) is 5.26 Å². The van der Waals surface area contributed by atoms with E-state index >= 15 is 0 Å². The zero-order chi connectivity index (χ0) is 9.81. The molecule has 3 aliphatic rings. The fourth-order valence-corrected chi connectivity index (χ4v) is 3.29. The van der Waals surface area contributed by atoms with E-state index in [1.165, 1.54) is 0 Å². The third kappa shape index (κ3) is 0.892. The van der Waals surface area contributed by atoms with Crippen molar-refractivity contribution in [3.63, 3.8) is 0 Å². The first-order chi connectivity index (χ1) is 6.73. The molecule has 0 aliphatic heterocycles. The van der Waals surface area contributed by atoms with E-state index < -0.39 is 5.60 Å². The van der Waals surface area contributed by atoms with Gasteiger partial charge in [-0.25, -0.2) is 0 Å². The molecule has 0 spiro atoms. The molecule has 0 radical (unpaired) electrons. The van der Waals surface area contributed by atoms with Gasteiger partial charge >= 0.3 is 0 Å². The Bertz CT molecular complexity index is 280. The van der Waals surface area contributed by atoms with Gasteiger partial charge in [0.2, 0.25) is 0 Å². The van der Waals surface area contributed by atoms with Crippen LogP contribution in [0.1, 0.15) is 44.9 Å². The molecule has 0 amide bonds. The molecule has 0 heterocycles. The molecular formula is C12H17NO. The summed E-state index contributed by atoms with van der Waals surface area (Å²) >= 11 is 0. The largest absolute Gasteiger partial charge is 0.388 e. The molecule has 1 N–H and O–H groups in total. The Kier molecular flexibility index (Phi) is 1.57. The number of aliphatic hydroxyl groups is 1. The minimum absolute atomic E-state index is 0.352. The maximum absolute atomic E-state index is 10.8. The Morgan fingerprint density at radius 2 is 1.64 bits per heavy atom. The Labute approximate surface area is 84.9 Å². The number of nitrogens with zero attached hydrogens (tertiary/aromatic N) is 1. The van der Waals surface area contributed by atoms with E-state index in [1.54, 1.807) is 0 Å². The Balaban J connectivity index is 1.94. The Morgan fingerprint density at radius 1 is 1.14 bits per heavy atom. The molecule has 2 heteroatoms. The third-order valence-electron chi connectivity index (χ3n) is 4.59. The van der Waals surface area contributed by atoms with Crippen molar-refractivity contribution in [3.8, 4) is 6.07 Å². The SMILES string of the molecule is N#CC1(C(O)(C2CC2)C2CC2)CCC1. The number of nitriles is 1. The van der Waals surface area contributed by atoms with Crippen LogP contribution in [0.15, 0.2) is 0 Å². The van der Waals surface area contributed by atoms with Crippen molar-refractivity contribution in [1.82, 2.24) is 0 Å². The van der Waals surface area contributed by atoms with Gasteiger partial charge in [-0.05, 0) is 50.4 Å². The summed E-state index contributed by atoms with van der Waals surface area (Å²) in [7, 11) is 0. The summed E-state index contributed by atoms with van der Waals surface area (Å²) in [6, 6.07) is 2.45. The average molecular weight is 191 g/mol. The number of rotatable bonds is 3. The van der Waals surface area contributed by atoms with E-state index in [0.29, 0.717) is 11.8 Å². The van der Waals surface area contributed by atoms with Crippen molar-refractivity contribution in [2.45, 2.75) is 50.5 Å². The van der Waals surface area contributed by atoms with Crippen molar-refractivity contribution in [1.29, 1.82) is 5.26 Å². The topological polar surface area (TPSA) is 44.0 Å². The van der Waals surface area contributed by atoms with Gasteiger partial charge in [0.1, 0.15) is 0 Å². The van der Waals surface area contributed by atoms with Crippen LogP contribution in [0.4, 0.5) is 0 Å². The van der Waals surface area contributed by atoms with Crippen LogP contribution in [0.25, 0.3) is 0 Å². The number of hydrogen-bond donors (Lipinski definition) is 1. The second kappa shape index (κ2) is 2.52. The van der Waals surface area contributed by atoms with Crippen LogP contribution >= 0.6 is 0 Å². The van der Waals surface area contributed by atoms with E-state index in [-0.39, 0.29) is 5.41 Å². The maximum Gasteiger partial charge on any atom is 0.0889 e. The van der Waals surface area contributed by atoms with Crippen LogP contribution in [0, 0.1) is 28.6 Å². The average Bonchev–Trinajstić information content (AvgIpc) is 2.97. The van der Waals surface area contributed by atoms with E-state index in [1.807, 2.05) is 0 Å². The molecule has 0 unspecified atom stereocenters. The summed E-state index contributed by atoms with van der Waals surface area (Å²) in [5.74, 6) is 0.907. The highest BCUT2D eigenvalue weighted by Gasteiger charge is 2.66. The molecule has 3 aliphatic carbocycles. The first kappa shape index (κ1) is 8.73. The fraction of sp³-hybridized carbons (Fsp3) is 0.917. The quantitative estimate of drug-likeness (QED) is 0.743. The van der Waals surface area contributed by atoms with Crippen LogP contribution in [0.3, 0.4) is 0 Å². The van der Waals surface area contributed by atoms with Crippen molar-refractivity contribution in [2.24, 2.45) is 17.3 Å². The van der Waals surface area contributed by atoms with Gasteiger partial charge in [0, 0.05) is 0 Å². The van der Waals surface area contributed by atoms with Gasteiger partial charge in [0.25, 0.3) is 0 Å². The summed E-state index contributed by atoms with van der Waals surface area (Å²) in [6.45, 7) is 0. The van der Waals surface area contributed by atoms with Gasteiger partial charge in [-0.3, -0.25) is 0 Å². The van der Waals surface area contributed by atoms with Crippen molar-refractivity contribution in [2.75, 3.05) is 0 Å². The minimum atomic E-state index is -0.597. The van der Waals surface area contributed by atoms with E-state index in [4.69, 9.17) is 0 Å². The lowest BCUT2D eigenvalue weighted by atomic mass is 9.56. The second-order valence-electron chi connectivity index (χ2n) is 5.42. The summed E-state index contributed by atoms with van der Waals surface area (Å²) < 4.78 is 0. The summed E-state index contributed by atoms with van der Waals surface area (Å²) in [4.78, 5) is 0. The normalized spacial score (nSPS) is 30.6. The fourth-order valence-electron chi connectivity index (χ4n) is 3.29. The standard InChI is InChI=1S/C12H17NO/c13-8-11(6-1-7-11)12(14,9-2-3-9)10-4-5-10/h9-10,14H,1-7H2. The molecule has 14 heavy (non-hydrogen) atoms. The molecular weight excluding hydrogens is 174 g/mol. The van der Waals surface area contributed by atoms with Crippen LogP contribution in [-0.2, 0) is 0 Å². The molecule has 0 atom stereocenters. The first-order valence-electron chi connectivity index (χ1n) is 5.86. The summed E-state index contributed by atoms with van der Waals surface area (Å²) in [6.07, 6.45) is 7.61. The van der Waals surface area contributed by atoms with Crippen molar-refractivity contribution < 1.29 is 5.11 Å². The molecule has 0 aromatic rings. The monoisotopic (exact) mass is 191 g/mol. The van der Waals surface area contributed by atoms with Gasteiger partial charge in [0.05, 0.1) is 17.1 Å². The van der Waals surface area contributed by atoms with Crippen molar-refractivity contribution >= 4 is 0 Å².